The van der Waals surface area contributed by atoms with Crippen LogP contribution in [0.3, 0.4) is 0 Å². The fourth-order valence-corrected chi connectivity index (χ4v) is 3.58. The molecule has 0 atom stereocenters. The smallest absolute Gasteiger partial charge is 0.253 e. The van der Waals surface area contributed by atoms with Gasteiger partial charge in [-0.1, -0.05) is 18.2 Å². The average Bonchev–Trinajstić information content (AvgIpc) is 3.23. The highest BCUT2D eigenvalue weighted by molar-refractivity contribution is 5.97. The molecule has 0 saturated carbocycles. The van der Waals surface area contributed by atoms with Gasteiger partial charge < -0.3 is 20.3 Å². The molecule has 0 radical (unpaired) electrons. The summed E-state index contributed by atoms with van der Waals surface area (Å²) in [5.41, 5.74) is 3.30. The number of amides is 2. The third-order valence-corrected chi connectivity index (χ3v) is 4.87. The van der Waals surface area contributed by atoms with Crippen LogP contribution < -0.4 is 15.4 Å². The van der Waals surface area contributed by atoms with E-state index in [0.717, 1.165) is 42.8 Å². The molecule has 2 aromatic carbocycles. The van der Waals surface area contributed by atoms with Crippen molar-refractivity contribution in [2.24, 2.45) is 0 Å². The molecular formula is C23H29N3O3. The molecule has 29 heavy (non-hydrogen) atoms. The van der Waals surface area contributed by atoms with Crippen LogP contribution in [0.2, 0.25) is 0 Å². The number of nitrogens with one attached hydrogen (secondary N) is 2. The Morgan fingerprint density at radius 2 is 1.83 bits per heavy atom. The lowest BCUT2D eigenvalue weighted by Gasteiger charge is -2.17. The number of carbonyl (C=O) groups excluding carboxylic acids is 2. The number of nitrogens with zero attached hydrogens (tertiary/aromatic N) is 1. The van der Waals surface area contributed by atoms with Gasteiger partial charge >= 0.3 is 0 Å². The number of benzene rings is 2. The Morgan fingerprint density at radius 3 is 2.55 bits per heavy atom. The molecule has 2 amide bonds. The Kier molecular flexibility index (Phi) is 7.25. The molecule has 2 N–H and O–H groups in total. The number of para-hydroxylation sites is 1. The zero-order chi connectivity index (χ0) is 20.6. The Bertz CT molecular complexity index is 860. The minimum Gasteiger partial charge on any atom is -0.494 e. The highest BCUT2D eigenvalue weighted by Crippen LogP contribution is 2.21. The van der Waals surface area contributed by atoms with E-state index in [-0.39, 0.29) is 11.8 Å². The number of carbonyl (C=O) groups is 2. The van der Waals surface area contributed by atoms with E-state index >= 15 is 0 Å². The van der Waals surface area contributed by atoms with Crippen LogP contribution in [-0.2, 0) is 17.9 Å². The number of ether oxygens (including phenoxy) is 1. The van der Waals surface area contributed by atoms with Gasteiger partial charge in [-0.3, -0.25) is 9.59 Å². The van der Waals surface area contributed by atoms with Crippen molar-refractivity contribution in [3.8, 4) is 5.75 Å². The molecule has 6 heteroatoms. The lowest BCUT2D eigenvalue weighted by molar-refractivity contribution is -0.114. The minimum atomic E-state index is -0.152. The van der Waals surface area contributed by atoms with E-state index in [0.29, 0.717) is 30.9 Å². The largest absolute Gasteiger partial charge is 0.494 e. The van der Waals surface area contributed by atoms with Crippen molar-refractivity contribution >= 4 is 17.5 Å². The van der Waals surface area contributed by atoms with E-state index in [4.69, 9.17) is 4.74 Å². The van der Waals surface area contributed by atoms with Gasteiger partial charge in [0.15, 0.2) is 0 Å². The number of likely N-dealkylation sites (tertiary alicyclic amines) is 1. The molecule has 0 spiro atoms. The second kappa shape index (κ2) is 10.1. The van der Waals surface area contributed by atoms with Crippen LogP contribution in [0.1, 0.15) is 48.2 Å². The number of hydrogen-bond acceptors (Lipinski definition) is 4. The molecule has 6 nitrogen and oxygen atoms in total. The molecule has 0 unspecified atom stereocenters. The van der Waals surface area contributed by atoms with Gasteiger partial charge in [0.1, 0.15) is 5.75 Å². The summed E-state index contributed by atoms with van der Waals surface area (Å²) in [4.78, 5) is 26.2. The van der Waals surface area contributed by atoms with Crippen molar-refractivity contribution in [3.63, 3.8) is 0 Å². The van der Waals surface area contributed by atoms with Gasteiger partial charge in [0.25, 0.3) is 5.91 Å². The topological polar surface area (TPSA) is 70.7 Å². The van der Waals surface area contributed by atoms with E-state index < -0.39 is 0 Å². The highest BCUT2D eigenvalue weighted by Gasteiger charge is 2.20. The number of rotatable bonds is 8. The predicted molar refractivity (Wildman–Crippen MR) is 114 cm³/mol. The monoisotopic (exact) mass is 395 g/mol. The first kappa shape index (κ1) is 20.9. The number of hydrogen-bond donors (Lipinski definition) is 2. The maximum Gasteiger partial charge on any atom is 0.253 e. The van der Waals surface area contributed by atoms with Gasteiger partial charge in [0.05, 0.1) is 6.61 Å². The van der Waals surface area contributed by atoms with Crippen LogP contribution in [0, 0.1) is 0 Å². The van der Waals surface area contributed by atoms with Crippen LogP contribution in [0.15, 0.2) is 42.5 Å². The maximum absolute atomic E-state index is 12.8. The van der Waals surface area contributed by atoms with Crippen molar-refractivity contribution in [2.75, 3.05) is 25.0 Å². The van der Waals surface area contributed by atoms with E-state index in [1.54, 1.807) is 6.07 Å². The standard InChI is InChI=1S/C23H29N3O3/c1-3-29-22-9-5-4-8-19(22)16-24-15-18-12-20(14-21(13-18)25-17(2)27)23(28)26-10-6-7-11-26/h4-5,8-9,12-14,24H,3,6-7,10-11,15-16H2,1-2H3,(H,25,27). The van der Waals surface area contributed by atoms with E-state index in [2.05, 4.69) is 10.6 Å². The van der Waals surface area contributed by atoms with Crippen molar-refractivity contribution in [3.05, 3.63) is 59.2 Å². The lowest BCUT2D eigenvalue weighted by Crippen LogP contribution is -2.28. The molecule has 1 heterocycles. The minimum absolute atomic E-state index is 0.0256. The molecule has 1 saturated heterocycles. The molecule has 1 aliphatic rings. The summed E-state index contributed by atoms with van der Waals surface area (Å²) in [5, 5.41) is 6.22. The fraction of sp³-hybridized carbons (Fsp3) is 0.391. The fourth-order valence-electron chi connectivity index (χ4n) is 3.58. The molecule has 2 aromatic rings. The SMILES string of the molecule is CCOc1ccccc1CNCc1cc(NC(C)=O)cc(C(=O)N2CCCC2)c1. The van der Waals surface area contributed by atoms with E-state index in [1.807, 2.05) is 48.2 Å². The summed E-state index contributed by atoms with van der Waals surface area (Å²) >= 11 is 0. The molecule has 1 aliphatic heterocycles. The molecule has 1 fully saturated rings. The summed E-state index contributed by atoms with van der Waals surface area (Å²) in [7, 11) is 0. The molecule has 0 bridgehead atoms. The molecule has 3 rings (SSSR count). The van der Waals surface area contributed by atoms with Crippen molar-refractivity contribution in [1.29, 1.82) is 0 Å². The quantitative estimate of drug-likeness (QED) is 0.717. The molecular weight excluding hydrogens is 366 g/mol. The zero-order valence-corrected chi connectivity index (χ0v) is 17.2. The third kappa shape index (κ3) is 5.81. The van der Waals surface area contributed by atoms with E-state index in [9.17, 15) is 9.59 Å². The molecule has 0 aromatic heterocycles. The first-order chi connectivity index (χ1) is 14.1. The molecule has 0 aliphatic carbocycles. The summed E-state index contributed by atoms with van der Waals surface area (Å²) in [6, 6.07) is 13.5. The van der Waals surface area contributed by atoms with Gasteiger partial charge in [-0.05, 0) is 49.6 Å². The second-order valence-corrected chi connectivity index (χ2v) is 7.24. The van der Waals surface area contributed by atoms with Crippen LogP contribution in [0.4, 0.5) is 5.69 Å². The summed E-state index contributed by atoms with van der Waals surface area (Å²) in [6.07, 6.45) is 2.09. The number of anilines is 1. The Morgan fingerprint density at radius 1 is 1.07 bits per heavy atom. The van der Waals surface area contributed by atoms with Crippen LogP contribution in [0.25, 0.3) is 0 Å². The summed E-state index contributed by atoms with van der Waals surface area (Å²) < 4.78 is 5.67. The normalized spacial score (nSPS) is 13.4. The second-order valence-electron chi connectivity index (χ2n) is 7.24. The zero-order valence-electron chi connectivity index (χ0n) is 17.2. The predicted octanol–water partition coefficient (Wildman–Crippen LogP) is 3.57. The Labute approximate surface area is 172 Å². The first-order valence-electron chi connectivity index (χ1n) is 10.2. The van der Waals surface area contributed by atoms with Crippen molar-refractivity contribution in [1.82, 2.24) is 10.2 Å². The van der Waals surface area contributed by atoms with Crippen molar-refractivity contribution < 1.29 is 14.3 Å². The highest BCUT2D eigenvalue weighted by atomic mass is 16.5. The summed E-state index contributed by atoms with van der Waals surface area (Å²) in [5.74, 6) is 0.748. The van der Waals surface area contributed by atoms with Crippen LogP contribution >= 0.6 is 0 Å². The van der Waals surface area contributed by atoms with Gasteiger partial charge in [0.2, 0.25) is 5.91 Å². The maximum atomic E-state index is 12.8. The van der Waals surface area contributed by atoms with E-state index in [1.165, 1.54) is 6.92 Å². The lowest BCUT2D eigenvalue weighted by atomic mass is 10.1. The van der Waals surface area contributed by atoms with Gasteiger partial charge in [-0.2, -0.15) is 0 Å². The Balaban J connectivity index is 1.73. The third-order valence-electron chi connectivity index (χ3n) is 4.87. The van der Waals surface area contributed by atoms with Crippen LogP contribution in [-0.4, -0.2) is 36.4 Å². The van der Waals surface area contributed by atoms with Gasteiger partial charge in [0, 0.05) is 49.9 Å². The van der Waals surface area contributed by atoms with Gasteiger partial charge in [-0.25, -0.2) is 0 Å². The average molecular weight is 396 g/mol. The van der Waals surface area contributed by atoms with Gasteiger partial charge in [-0.15, -0.1) is 0 Å². The first-order valence-corrected chi connectivity index (χ1v) is 10.2. The Hall–Kier alpha value is -2.86. The van der Waals surface area contributed by atoms with Crippen LogP contribution in [0.5, 0.6) is 5.75 Å². The van der Waals surface area contributed by atoms with Crippen molar-refractivity contribution in [2.45, 2.75) is 39.8 Å². The summed E-state index contributed by atoms with van der Waals surface area (Å²) in [6.45, 7) is 6.88. The molecule has 154 valence electrons.